The van der Waals surface area contributed by atoms with Crippen molar-refractivity contribution in [3.63, 3.8) is 0 Å². The lowest BCUT2D eigenvalue weighted by atomic mass is 9.33. The molecule has 0 spiro atoms. The van der Waals surface area contributed by atoms with Crippen LogP contribution in [0.1, 0.15) is 69.6 Å². The second-order valence-electron chi connectivity index (χ2n) is 15.0. The van der Waals surface area contributed by atoms with E-state index >= 15 is 0 Å². The summed E-state index contributed by atoms with van der Waals surface area (Å²) in [7, 11) is 0. The summed E-state index contributed by atoms with van der Waals surface area (Å²) >= 11 is 0. The fourth-order valence-corrected chi connectivity index (χ4v) is 9.24. The van der Waals surface area contributed by atoms with Gasteiger partial charge in [-0.15, -0.1) is 0 Å². The number of hydrogen-bond acceptors (Lipinski definition) is 1. The van der Waals surface area contributed by atoms with Crippen LogP contribution in [0.2, 0.25) is 0 Å². The number of anilines is 3. The Labute approximate surface area is 320 Å². The molecular formula is C50H48BN3. The molecule has 3 heterocycles. The Kier molecular flexibility index (Phi) is 8.99. The molecule has 0 saturated carbocycles. The van der Waals surface area contributed by atoms with Crippen molar-refractivity contribution in [1.82, 2.24) is 9.13 Å². The Morgan fingerprint density at radius 1 is 0.500 bits per heavy atom. The molecule has 266 valence electrons. The van der Waals surface area contributed by atoms with Gasteiger partial charge in [0.2, 0.25) is 0 Å². The Balaban J connectivity index is 1.54. The lowest BCUT2D eigenvalue weighted by Gasteiger charge is -2.37. The maximum atomic E-state index is 2.59. The molecule has 0 aliphatic carbocycles. The molecule has 0 N–H and O–H groups in total. The first kappa shape index (κ1) is 34.1. The standard InChI is InChI=1S/C50H48BN3/c1-5-21-36-33-37(22-6-2)46(43(34-36)35(4)7-3)51-47-41-29-17-19-31-44(41)52(38-23-11-8-12-24-38)49(47)54(40-27-15-10-16-28-40)50-48(51)42-30-18-20-32-45(42)53(50)39-25-13-9-14-26-39/h8-20,23-35H,5-7,21-22H2,1-4H3. The van der Waals surface area contributed by atoms with Gasteiger partial charge in [-0.1, -0.05) is 155 Å². The smallest absolute Gasteiger partial charge is 0.253 e. The van der Waals surface area contributed by atoms with Gasteiger partial charge >= 0.3 is 0 Å². The van der Waals surface area contributed by atoms with Crippen molar-refractivity contribution in [2.24, 2.45) is 0 Å². The van der Waals surface area contributed by atoms with Gasteiger partial charge in [0.15, 0.2) is 0 Å². The van der Waals surface area contributed by atoms with Crippen LogP contribution in [-0.4, -0.2) is 15.8 Å². The number of rotatable bonds is 10. The van der Waals surface area contributed by atoms with E-state index in [-0.39, 0.29) is 6.71 Å². The number of benzene rings is 6. The molecule has 1 unspecified atom stereocenters. The molecule has 9 rings (SSSR count). The summed E-state index contributed by atoms with van der Waals surface area (Å²) in [5.41, 5.74) is 14.7. The van der Waals surface area contributed by atoms with Crippen LogP contribution in [0.4, 0.5) is 17.3 Å². The van der Waals surface area contributed by atoms with Gasteiger partial charge in [0.25, 0.3) is 6.71 Å². The van der Waals surface area contributed by atoms with Crippen LogP contribution in [0.3, 0.4) is 0 Å². The second-order valence-corrected chi connectivity index (χ2v) is 15.0. The quantitative estimate of drug-likeness (QED) is 0.129. The van der Waals surface area contributed by atoms with Gasteiger partial charge in [-0.05, 0) is 107 Å². The molecule has 6 aromatic carbocycles. The summed E-state index contributed by atoms with van der Waals surface area (Å²) in [6.45, 7) is 9.46. The molecule has 1 aliphatic heterocycles. The maximum Gasteiger partial charge on any atom is 0.253 e. The van der Waals surface area contributed by atoms with E-state index in [2.05, 4.69) is 193 Å². The van der Waals surface area contributed by atoms with Crippen LogP contribution in [0.15, 0.2) is 152 Å². The maximum absolute atomic E-state index is 2.59. The second kappa shape index (κ2) is 14.2. The summed E-state index contributed by atoms with van der Waals surface area (Å²) in [5.74, 6) is 2.83. The molecule has 0 amide bonds. The average Bonchev–Trinajstić information content (AvgIpc) is 3.75. The first-order valence-corrected chi connectivity index (χ1v) is 20.0. The molecule has 2 aromatic heterocycles. The van der Waals surface area contributed by atoms with Crippen LogP contribution in [-0.2, 0) is 12.8 Å². The summed E-state index contributed by atoms with van der Waals surface area (Å²) in [4.78, 5) is 2.58. The number of hydrogen-bond donors (Lipinski definition) is 0. The minimum absolute atomic E-state index is 0.000846. The monoisotopic (exact) mass is 701 g/mol. The predicted molar refractivity (Wildman–Crippen MR) is 233 cm³/mol. The Bertz CT molecular complexity index is 2460. The minimum atomic E-state index is 0.000846. The highest BCUT2D eigenvalue weighted by molar-refractivity contribution is 7.01. The van der Waals surface area contributed by atoms with Crippen molar-refractivity contribution in [1.29, 1.82) is 0 Å². The van der Waals surface area contributed by atoms with Crippen molar-refractivity contribution >= 4 is 62.2 Å². The van der Waals surface area contributed by atoms with Crippen molar-refractivity contribution in [2.75, 3.05) is 4.90 Å². The van der Waals surface area contributed by atoms with Gasteiger partial charge in [0, 0.05) is 17.1 Å². The minimum Gasteiger partial charge on any atom is -0.296 e. The fourth-order valence-electron chi connectivity index (χ4n) is 9.24. The summed E-state index contributed by atoms with van der Waals surface area (Å²) in [6, 6.07) is 56.4. The zero-order valence-electron chi connectivity index (χ0n) is 32.0. The Morgan fingerprint density at radius 2 is 0.963 bits per heavy atom. The van der Waals surface area contributed by atoms with Crippen molar-refractivity contribution < 1.29 is 0 Å². The van der Waals surface area contributed by atoms with Gasteiger partial charge in [-0.25, -0.2) is 0 Å². The largest absolute Gasteiger partial charge is 0.296 e. The molecule has 4 heteroatoms. The van der Waals surface area contributed by atoms with Gasteiger partial charge in [-0.2, -0.15) is 0 Å². The lowest BCUT2D eigenvalue weighted by Crippen LogP contribution is -2.59. The van der Waals surface area contributed by atoms with Crippen LogP contribution in [0, 0.1) is 0 Å². The van der Waals surface area contributed by atoms with Crippen molar-refractivity contribution in [3.8, 4) is 11.4 Å². The Hall–Kier alpha value is -5.74. The number of nitrogens with zero attached hydrogens (tertiary/aromatic N) is 3. The average molecular weight is 702 g/mol. The molecule has 0 bridgehead atoms. The summed E-state index contributed by atoms with van der Waals surface area (Å²) in [6.07, 6.45) is 5.49. The highest BCUT2D eigenvalue weighted by atomic mass is 15.3. The molecule has 0 radical (unpaired) electrons. The third-order valence-electron chi connectivity index (χ3n) is 11.7. The van der Waals surface area contributed by atoms with Crippen LogP contribution >= 0.6 is 0 Å². The van der Waals surface area contributed by atoms with E-state index in [1.54, 1.807) is 0 Å². The topological polar surface area (TPSA) is 13.1 Å². The zero-order chi connectivity index (χ0) is 36.8. The zero-order valence-corrected chi connectivity index (χ0v) is 32.0. The molecule has 1 aliphatic rings. The van der Waals surface area contributed by atoms with E-state index < -0.39 is 0 Å². The van der Waals surface area contributed by atoms with E-state index in [0.717, 1.165) is 49.2 Å². The van der Waals surface area contributed by atoms with Crippen LogP contribution in [0.5, 0.6) is 0 Å². The van der Waals surface area contributed by atoms with Crippen molar-refractivity contribution in [3.05, 3.63) is 168 Å². The highest BCUT2D eigenvalue weighted by Crippen LogP contribution is 2.45. The number of fused-ring (bicyclic) bond motifs is 6. The van der Waals surface area contributed by atoms with Crippen molar-refractivity contribution in [2.45, 2.75) is 65.7 Å². The third kappa shape index (κ3) is 5.42. The first-order valence-electron chi connectivity index (χ1n) is 20.0. The van der Waals surface area contributed by atoms with Gasteiger partial charge in [-0.3, -0.25) is 14.0 Å². The van der Waals surface area contributed by atoms with Crippen LogP contribution in [0.25, 0.3) is 33.2 Å². The lowest BCUT2D eigenvalue weighted by molar-refractivity contribution is 0.733. The van der Waals surface area contributed by atoms with Crippen LogP contribution < -0.4 is 21.3 Å². The fraction of sp³-hybridized carbons (Fsp3) is 0.200. The SMILES string of the molecule is CCCc1cc(CCC)c(B2c3c(n(-c4ccccc4)c4ccccc34)N(c3ccccc3)c3c2c2ccccc2n3-c2ccccc2)c(C(C)CC)c1. The molecule has 8 aromatic rings. The number of aromatic nitrogens is 2. The molecular weight excluding hydrogens is 653 g/mol. The molecule has 0 fully saturated rings. The highest BCUT2D eigenvalue weighted by Gasteiger charge is 2.45. The number of para-hydroxylation sites is 5. The van der Waals surface area contributed by atoms with E-state index in [1.807, 2.05) is 0 Å². The third-order valence-corrected chi connectivity index (χ3v) is 11.7. The molecule has 1 atom stereocenters. The molecule has 3 nitrogen and oxygen atoms in total. The van der Waals surface area contributed by atoms with Gasteiger partial charge in [0.1, 0.15) is 11.6 Å². The number of aryl methyl sites for hydroxylation is 2. The van der Waals surface area contributed by atoms with E-state index in [1.165, 1.54) is 66.5 Å². The normalized spacial score (nSPS) is 13.0. The van der Waals surface area contributed by atoms with E-state index in [9.17, 15) is 0 Å². The van der Waals surface area contributed by atoms with Gasteiger partial charge in [0.05, 0.1) is 11.0 Å². The van der Waals surface area contributed by atoms with Gasteiger partial charge < -0.3 is 0 Å². The Morgan fingerprint density at radius 3 is 1.44 bits per heavy atom. The molecule has 54 heavy (non-hydrogen) atoms. The van der Waals surface area contributed by atoms with E-state index in [0.29, 0.717) is 5.92 Å². The molecule has 0 saturated heterocycles. The summed E-state index contributed by atoms with van der Waals surface area (Å²) < 4.78 is 5.07. The predicted octanol–water partition coefficient (Wildman–Crippen LogP) is 11.3. The van der Waals surface area contributed by atoms with E-state index in [4.69, 9.17) is 0 Å². The summed E-state index contributed by atoms with van der Waals surface area (Å²) in [5, 5.41) is 2.61. The first-order chi connectivity index (χ1) is 26.6.